The molecule has 0 bridgehead atoms. The molecule has 1 amide bonds. The third kappa shape index (κ3) is 13.3. The van der Waals surface area contributed by atoms with E-state index in [4.69, 9.17) is 44.2 Å². The van der Waals surface area contributed by atoms with Crippen LogP contribution in [-0.4, -0.2) is 99.6 Å². The highest BCUT2D eigenvalue weighted by molar-refractivity contribution is 7.92. The second-order valence-electron chi connectivity index (χ2n) is 27.7. The lowest BCUT2D eigenvalue weighted by Crippen LogP contribution is -2.41. The Morgan fingerprint density at radius 3 is 1.48 bits per heavy atom. The van der Waals surface area contributed by atoms with Crippen LogP contribution < -0.4 is 28.9 Å². The zero-order chi connectivity index (χ0) is 77.8. The minimum Gasteiger partial charge on any atom is -0.464 e. The van der Waals surface area contributed by atoms with Crippen molar-refractivity contribution in [3.63, 3.8) is 0 Å². The molecule has 0 saturated carbocycles. The van der Waals surface area contributed by atoms with Gasteiger partial charge in [-0.3, -0.25) is 27.3 Å². The number of ether oxygens (including phenoxy) is 2. The monoisotopic (exact) mass is 1540 g/mol. The number of Topliss-reactive ketones (excluding diaryl/α,β-unsaturated/α-hetero) is 1. The maximum atomic E-state index is 15.2. The number of carbonyl (C=O) groups excluding carboxylic acids is 2. The van der Waals surface area contributed by atoms with Crippen LogP contribution in [0, 0.1) is 23.3 Å². The van der Waals surface area contributed by atoms with Crippen LogP contribution in [0.3, 0.4) is 0 Å². The van der Waals surface area contributed by atoms with Crippen molar-refractivity contribution < 1.29 is 71.6 Å². The molecule has 8 aromatic carbocycles. The number of fused-ring (bicyclic) bond motifs is 12. The number of furan rings is 2. The molecule has 1 fully saturated rings. The number of sulfonamides is 2. The molecule has 110 heavy (non-hydrogen) atoms. The third-order valence-electron chi connectivity index (χ3n) is 20.3. The molecule has 0 aliphatic carbocycles. The van der Waals surface area contributed by atoms with Gasteiger partial charge in [0.2, 0.25) is 32.5 Å². The van der Waals surface area contributed by atoms with E-state index in [9.17, 15) is 39.6 Å². The molecule has 2 atom stereocenters. The summed E-state index contributed by atoms with van der Waals surface area (Å²) in [4.78, 5) is 35.8. The predicted molar refractivity (Wildman–Crippen MR) is 418 cm³/mol. The number of aromatic nitrogens is 4. The fourth-order valence-corrected chi connectivity index (χ4v) is 15.0. The minimum absolute atomic E-state index is 0.160. The van der Waals surface area contributed by atoms with E-state index in [1.54, 1.807) is 73.7 Å². The summed E-state index contributed by atoms with van der Waals surface area (Å²) in [6.07, 6.45) is 1.39. The normalized spacial score (nSPS) is 15.3. The van der Waals surface area contributed by atoms with Crippen LogP contribution in [0.4, 0.5) is 28.9 Å². The summed E-state index contributed by atoms with van der Waals surface area (Å²) in [5.41, 5.74) is 8.16. The van der Waals surface area contributed by atoms with E-state index in [1.807, 2.05) is 116 Å². The fraction of sp³-hybridized carbons (Fsp3) is 0.181. The maximum absolute atomic E-state index is 15.2. The Balaban J connectivity index is 0.000000139. The van der Waals surface area contributed by atoms with Gasteiger partial charge in [0.05, 0.1) is 74.3 Å². The molecule has 2 unspecified atom stereocenters. The molecular weight excluding hydrogens is 1470 g/mol. The van der Waals surface area contributed by atoms with Crippen LogP contribution >= 0.6 is 11.6 Å². The van der Waals surface area contributed by atoms with Gasteiger partial charge in [-0.1, -0.05) is 91.3 Å². The van der Waals surface area contributed by atoms with Gasteiger partial charge in [-0.15, -0.1) is 0 Å². The van der Waals surface area contributed by atoms with E-state index in [0.717, 1.165) is 43.5 Å². The number of amides is 1. The first kappa shape index (κ1) is 73.9. The number of nitrogens with zero attached hydrogens (tertiary/aromatic N) is 6. The largest absolute Gasteiger partial charge is 0.497 e. The Bertz CT molecular complexity index is 6260. The number of pyridine rings is 2. The van der Waals surface area contributed by atoms with Crippen LogP contribution in [0.5, 0.6) is 11.5 Å². The Kier molecular flexibility index (Phi) is 18.9. The highest BCUT2D eigenvalue weighted by Crippen LogP contribution is 2.49. The van der Waals surface area contributed by atoms with Crippen molar-refractivity contribution in [3.8, 4) is 68.2 Å². The van der Waals surface area contributed by atoms with Gasteiger partial charge in [-0.05, 0) is 149 Å². The van der Waals surface area contributed by atoms with Gasteiger partial charge in [0, 0.05) is 94.5 Å². The van der Waals surface area contributed by atoms with E-state index < -0.39 is 74.2 Å². The van der Waals surface area contributed by atoms with Gasteiger partial charge in [-0.2, -0.15) is 0 Å². The fourth-order valence-electron chi connectivity index (χ4n) is 13.8. The predicted octanol–water partition coefficient (Wildman–Crippen LogP) is 17.7. The van der Waals surface area contributed by atoms with Crippen LogP contribution in [-0.2, 0) is 29.4 Å². The molecule has 0 spiro atoms. The minimum atomic E-state index is -3.79. The van der Waals surface area contributed by atoms with Gasteiger partial charge < -0.3 is 32.9 Å². The summed E-state index contributed by atoms with van der Waals surface area (Å²) in [7, 11) is -3.98. The van der Waals surface area contributed by atoms with E-state index in [-0.39, 0.29) is 40.6 Å². The zero-order valence-electron chi connectivity index (χ0n) is 60.9. The lowest BCUT2D eigenvalue weighted by molar-refractivity contribution is 0.00578. The molecule has 558 valence electrons. The number of rotatable bonds is 13. The average Bonchev–Trinajstić information content (AvgIpc) is 1.56. The molecule has 1 saturated heterocycles. The number of benzene rings is 8. The Hall–Kier alpha value is -11.5. The molecule has 27 heteroatoms. The topological polar surface area (TPSA) is 220 Å². The van der Waals surface area contributed by atoms with Crippen molar-refractivity contribution in [2.75, 3.05) is 42.3 Å². The van der Waals surface area contributed by atoms with E-state index in [1.165, 1.54) is 81.8 Å². The summed E-state index contributed by atoms with van der Waals surface area (Å²) in [6.45, 7) is 9.37. The second kappa shape index (κ2) is 28.2. The van der Waals surface area contributed by atoms with Gasteiger partial charge in [0.1, 0.15) is 62.5 Å². The smallest absolute Gasteiger partial charge is 0.464 e. The Morgan fingerprint density at radius 1 is 0.545 bits per heavy atom. The number of nitrogens with one attached hydrogen (secondary N) is 1. The quantitative estimate of drug-likeness (QED) is 0.0491. The molecule has 14 aromatic rings. The molecule has 6 aromatic heterocycles. The van der Waals surface area contributed by atoms with E-state index in [0.29, 0.717) is 111 Å². The highest BCUT2D eigenvalue weighted by Gasteiger charge is 2.53. The van der Waals surface area contributed by atoms with Crippen molar-refractivity contribution in [2.45, 2.75) is 64.7 Å². The van der Waals surface area contributed by atoms with Crippen molar-refractivity contribution in [1.29, 1.82) is 0 Å². The molecule has 19 nitrogen and oxygen atoms in total. The molecule has 0 radical (unpaired) electrons. The molecule has 3 aliphatic rings. The number of hydrogen-bond donors (Lipinski definition) is 1. The third-order valence-corrected chi connectivity index (χ3v) is 22.9. The second-order valence-corrected chi connectivity index (χ2v) is 32.1. The number of carbonyl (C=O) groups is 2. The standard InChI is InChI=1S/C38H28F2N4O5S.C25H29BFNO6S.C20H12ClFN2O/c1-41-37(45)34-26-18-25(30(43(2)50(3,46)47)20-33(26)48-36(34)21-12-14-23(39)15-13-21)28-16-17-32-35(42-28)31-19-24-27(40)10-7-11-29(24)44(31)38(49-32)22-8-5-4-6-9-22;1-8-20(29)22-17-13-18(26-33-24(2,3)25(4,5)34-26)19(28(6)35(7,30)31)14-21(17)32-23(22)15-9-11-16(27)12-10-15;21-18-10-9-17-19(23-18)16-11-13-14(22)7-4-8-15(13)24(16)20(25-17)12-5-2-1-3-6-12/h4-20,38H,1-3H3,(H,41,45);9-14H,8H2,1-7H3;1-11,20H. The first-order chi connectivity index (χ1) is 52.4. The first-order valence-corrected chi connectivity index (χ1v) is 38.9. The Morgan fingerprint density at radius 2 is 1.00 bits per heavy atom. The zero-order valence-corrected chi connectivity index (χ0v) is 63.2. The number of hydrogen-bond acceptors (Lipinski definition) is 14. The van der Waals surface area contributed by atoms with Gasteiger partial charge in [-0.25, -0.2) is 44.4 Å². The molecule has 9 heterocycles. The summed E-state index contributed by atoms with van der Waals surface area (Å²) < 4.78 is 151. The Labute approximate surface area is 635 Å². The van der Waals surface area contributed by atoms with Crippen molar-refractivity contribution >= 4 is 111 Å². The average molecular weight is 1540 g/mol. The number of ketones is 1. The molecule has 17 rings (SSSR count). The van der Waals surface area contributed by atoms with Crippen molar-refractivity contribution in [2.24, 2.45) is 0 Å². The van der Waals surface area contributed by atoms with E-state index in [2.05, 4.69) is 10.3 Å². The number of halogens is 5. The van der Waals surface area contributed by atoms with Crippen LogP contribution in [0.25, 0.3) is 100 Å². The maximum Gasteiger partial charge on any atom is 0.497 e. The lowest BCUT2D eigenvalue weighted by atomic mass is 9.76. The van der Waals surface area contributed by atoms with Gasteiger partial charge >= 0.3 is 7.12 Å². The van der Waals surface area contributed by atoms with Crippen molar-refractivity contribution in [3.05, 3.63) is 257 Å². The molecular formula is C83H69BClF4N7O12S2. The first-order valence-electron chi connectivity index (χ1n) is 34.8. The summed E-state index contributed by atoms with van der Waals surface area (Å²) in [5.74, 6) is -0.570. The van der Waals surface area contributed by atoms with E-state index >= 15 is 4.39 Å². The number of anilines is 2. The highest BCUT2D eigenvalue weighted by atomic mass is 35.5. The molecule has 3 aliphatic heterocycles. The summed E-state index contributed by atoms with van der Waals surface area (Å²) in [5, 5.41) is 4.85. The SMILES string of the molecule is CCC(=O)c1c(-c2ccc(F)cc2)oc2cc(N(C)S(C)(=O)=O)c(B3OC(C)(C)C(C)(C)O3)cc12.CNC(=O)c1c(-c2ccc(F)cc2)oc2cc(N(C)S(C)(=O)=O)c(-c3ccc4c(n3)-c3cc5c(F)cccc5n3C(c3ccccc3)O4)cc12.Fc1cccc2c1cc1n2C(c2ccccc2)Oc2ccc(Cl)nc2-1. The lowest BCUT2D eigenvalue weighted by Gasteiger charge is -2.32. The van der Waals surface area contributed by atoms with Gasteiger partial charge in [0.15, 0.2) is 17.3 Å². The summed E-state index contributed by atoms with van der Waals surface area (Å²) in [6, 6.07) is 57.5. The van der Waals surface area contributed by atoms with Crippen LogP contribution in [0.2, 0.25) is 5.15 Å². The van der Waals surface area contributed by atoms with Crippen LogP contribution in [0.15, 0.2) is 215 Å². The summed E-state index contributed by atoms with van der Waals surface area (Å²) >= 11 is 6.08. The van der Waals surface area contributed by atoms with Gasteiger partial charge in [0.25, 0.3) is 5.91 Å². The van der Waals surface area contributed by atoms with Crippen LogP contribution in [0.1, 0.15) is 85.3 Å². The molecule has 1 N–H and O–H groups in total. The van der Waals surface area contributed by atoms with Crippen molar-refractivity contribution in [1.82, 2.24) is 24.4 Å².